The molecule has 1 amide bonds. The molecule has 0 saturated heterocycles. The van der Waals surface area contributed by atoms with E-state index < -0.39 is 10.0 Å². The molecule has 1 heterocycles. The van der Waals surface area contributed by atoms with Crippen LogP contribution in [0.2, 0.25) is 0 Å². The second kappa shape index (κ2) is 7.37. The first-order valence-electron chi connectivity index (χ1n) is 8.57. The Morgan fingerprint density at radius 1 is 1.19 bits per heavy atom. The average Bonchev–Trinajstić information content (AvgIpc) is 3.03. The van der Waals surface area contributed by atoms with Crippen LogP contribution in [0.5, 0.6) is 5.75 Å². The lowest BCUT2D eigenvalue weighted by atomic mass is 10.1. The third kappa shape index (κ3) is 3.83. The minimum Gasteiger partial charge on any atom is -0.494 e. The van der Waals surface area contributed by atoms with Gasteiger partial charge >= 0.3 is 0 Å². The van der Waals surface area contributed by atoms with Crippen LogP contribution in [0.4, 0.5) is 11.4 Å². The molecule has 0 atom stereocenters. The Hall–Kier alpha value is -2.54. The summed E-state index contributed by atoms with van der Waals surface area (Å²) in [5.41, 5.74) is 2.29. The van der Waals surface area contributed by atoms with Crippen LogP contribution in [0.15, 0.2) is 47.4 Å². The van der Waals surface area contributed by atoms with Gasteiger partial charge in [-0.2, -0.15) is 0 Å². The Morgan fingerprint density at radius 2 is 1.92 bits per heavy atom. The fourth-order valence-electron chi connectivity index (χ4n) is 2.94. The van der Waals surface area contributed by atoms with E-state index in [1.807, 2.05) is 6.92 Å². The number of rotatable bonds is 6. The smallest absolute Gasteiger partial charge is 0.261 e. The highest BCUT2D eigenvalue weighted by Crippen LogP contribution is 2.31. The average molecular weight is 374 g/mol. The summed E-state index contributed by atoms with van der Waals surface area (Å²) in [6, 6.07) is 11.6. The van der Waals surface area contributed by atoms with Gasteiger partial charge in [0.15, 0.2) is 0 Å². The number of sulfonamides is 1. The van der Waals surface area contributed by atoms with Crippen LogP contribution in [0.1, 0.15) is 25.8 Å². The van der Waals surface area contributed by atoms with Crippen molar-refractivity contribution in [3.63, 3.8) is 0 Å². The molecule has 0 aromatic heterocycles. The summed E-state index contributed by atoms with van der Waals surface area (Å²) in [5.74, 6) is 0.634. The molecule has 0 saturated carbocycles. The van der Waals surface area contributed by atoms with Crippen molar-refractivity contribution < 1.29 is 17.9 Å². The van der Waals surface area contributed by atoms with E-state index in [2.05, 4.69) is 4.72 Å². The van der Waals surface area contributed by atoms with Crippen LogP contribution in [-0.4, -0.2) is 27.5 Å². The van der Waals surface area contributed by atoms with Crippen molar-refractivity contribution in [1.29, 1.82) is 0 Å². The first-order valence-corrected chi connectivity index (χ1v) is 10.1. The highest BCUT2D eigenvalue weighted by molar-refractivity contribution is 7.92. The fraction of sp³-hybridized carbons (Fsp3) is 0.316. The summed E-state index contributed by atoms with van der Waals surface area (Å²) in [6.45, 7) is 4.76. The maximum Gasteiger partial charge on any atom is 0.261 e. The second-order valence-electron chi connectivity index (χ2n) is 6.19. The number of anilines is 2. The molecule has 138 valence electrons. The molecule has 7 heteroatoms. The molecule has 0 fully saturated rings. The van der Waals surface area contributed by atoms with Crippen LogP contribution < -0.4 is 14.4 Å². The predicted octanol–water partition coefficient (Wildman–Crippen LogP) is 3.19. The summed E-state index contributed by atoms with van der Waals surface area (Å²) < 4.78 is 33.2. The van der Waals surface area contributed by atoms with Crippen molar-refractivity contribution in [3.05, 3.63) is 48.0 Å². The third-order valence-corrected chi connectivity index (χ3v) is 5.61. The Bertz CT molecular complexity index is 908. The van der Waals surface area contributed by atoms with Gasteiger partial charge < -0.3 is 9.64 Å². The zero-order valence-corrected chi connectivity index (χ0v) is 15.7. The van der Waals surface area contributed by atoms with Crippen molar-refractivity contribution in [3.8, 4) is 5.75 Å². The molecule has 0 radical (unpaired) electrons. The fourth-order valence-corrected chi connectivity index (χ4v) is 3.99. The van der Waals surface area contributed by atoms with Gasteiger partial charge in [-0.1, -0.05) is 6.92 Å². The maximum absolute atomic E-state index is 12.6. The van der Waals surface area contributed by atoms with Crippen LogP contribution in [0, 0.1) is 0 Å². The van der Waals surface area contributed by atoms with Crippen LogP contribution in [-0.2, 0) is 21.2 Å². The summed E-state index contributed by atoms with van der Waals surface area (Å²) in [4.78, 5) is 13.5. The van der Waals surface area contributed by atoms with Gasteiger partial charge in [0, 0.05) is 24.8 Å². The number of benzene rings is 2. The molecule has 1 aliphatic heterocycles. The highest BCUT2D eigenvalue weighted by Gasteiger charge is 2.23. The minimum absolute atomic E-state index is 0.0116. The van der Waals surface area contributed by atoms with E-state index in [0.29, 0.717) is 31.0 Å². The number of hydrogen-bond donors (Lipinski definition) is 1. The summed E-state index contributed by atoms with van der Waals surface area (Å²) in [5, 5.41) is 0. The van der Waals surface area contributed by atoms with Crippen molar-refractivity contribution >= 4 is 27.3 Å². The number of carbonyl (C=O) groups is 1. The SMILES string of the molecule is CCCOc1ccc(S(=O)(=O)Nc2ccc3c(c2)CCN3C(C)=O)cc1. The van der Waals surface area contributed by atoms with E-state index in [1.165, 1.54) is 19.1 Å². The number of nitrogens with one attached hydrogen (secondary N) is 1. The zero-order chi connectivity index (χ0) is 18.7. The molecule has 1 N–H and O–H groups in total. The number of ether oxygens (including phenoxy) is 1. The van der Waals surface area contributed by atoms with Crippen molar-refractivity contribution in [1.82, 2.24) is 0 Å². The lowest BCUT2D eigenvalue weighted by Gasteiger charge is -2.15. The van der Waals surface area contributed by atoms with Gasteiger partial charge in [0.05, 0.1) is 11.5 Å². The van der Waals surface area contributed by atoms with Gasteiger partial charge in [-0.05, 0) is 60.9 Å². The van der Waals surface area contributed by atoms with E-state index in [-0.39, 0.29) is 10.8 Å². The molecule has 0 aliphatic carbocycles. The Balaban J connectivity index is 1.77. The molecule has 3 rings (SSSR count). The largest absolute Gasteiger partial charge is 0.494 e. The third-order valence-electron chi connectivity index (χ3n) is 4.21. The monoisotopic (exact) mass is 374 g/mol. The molecule has 26 heavy (non-hydrogen) atoms. The quantitative estimate of drug-likeness (QED) is 0.843. The van der Waals surface area contributed by atoms with Gasteiger partial charge in [-0.3, -0.25) is 9.52 Å². The lowest BCUT2D eigenvalue weighted by molar-refractivity contribution is -0.116. The van der Waals surface area contributed by atoms with E-state index in [1.54, 1.807) is 35.2 Å². The van der Waals surface area contributed by atoms with Crippen molar-refractivity contribution in [2.75, 3.05) is 22.8 Å². The molecular weight excluding hydrogens is 352 g/mol. The molecule has 0 bridgehead atoms. The molecule has 2 aromatic carbocycles. The van der Waals surface area contributed by atoms with Gasteiger partial charge in [0.25, 0.3) is 10.0 Å². The Kier molecular flexibility index (Phi) is 5.18. The Labute approximate surface area is 153 Å². The molecule has 2 aromatic rings. The number of fused-ring (bicyclic) bond motifs is 1. The van der Waals surface area contributed by atoms with Gasteiger partial charge in [0.2, 0.25) is 5.91 Å². The van der Waals surface area contributed by atoms with Gasteiger partial charge in [-0.15, -0.1) is 0 Å². The number of carbonyl (C=O) groups excluding carboxylic acids is 1. The Morgan fingerprint density at radius 3 is 2.58 bits per heavy atom. The molecule has 6 nitrogen and oxygen atoms in total. The summed E-state index contributed by atoms with van der Waals surface area (Å²) in [7, 11) is -3.68. The number of amides is 1. The lowest BCUT2D eigenvalue weighted by Crippen LogP contribution is -2.25. The van der Waals surface area contributed by atoms with Gasteiger partial charge in [-0.25, -0.2) is 8.42 Å². The molecule has 0 unspecified atom stereocenters. The minimum atomic E-state index is -3.68. The predicted molar refractivity (Wildman–Crippen MR) is 101 cm³/mol. The van der Waals surface area contributed by atoms with Gasteiger partial charge in [0.1, 0.15) is 5.75 Å². The standard InChI is InChI=1S/C19H22N2O4S/c1-3-12-25-17-5-7-18(8-6-17)26(23,24)20-16-4-9-19-15(13-16)10-11-21(19)14(2)22/h4-9,13,20H,3,10-12H2,1-2H3. The zero-order valence-electron chi connectivity index (χ0n) is 14.9. The van der Waals surface area contributed by atoms with E-state index in [9.17, 15) is 13.2 Å². The van der Waals surface area contributed by atoms with Crippen LogP contribution >= 0.6 is 0 Å². The first kappa shape index (κ1) is 18.3. The topological polar surface area (TPSA) is 75.7 Å². The summed E-state index contributed by atoms with van der Waals surface area (Å²) in [6.07, 6.45) is 1.61. The van der Waals surface area contributed by atoms with E-state index >= 15 is 0 Å². The molecule has 0 spiro atoms. The highest BCUT2D eigenvalue weighted by atomic mass is 32.2. The van der Waals surface area contributed by atoms with E-state index in [4.69, 9.17) is 4.74 Å². The molecular formula is C19H22N2O4S. The first-order chi connectivity index (χ1) is 12.4. The van der Waals surface area contributed by atoms with E-state index in [0.717, 1.165) is 17.7 Å². The van der Waals surface area contributed by atoms with Crippen molar-refractivity contribution in [2.45, 2.75) is 31.6 Å². The van der Waals surface area contributed by atoms with Crippen LogP contribution in [0.3, 0.4) is 0 Å². The second-order valence-corrected chi connectivity index (χ2v) is 7.87. The van der Waals surface area contributed by atoms with Crippen LogP contribution in [0.25, 0.3) is 0 Å². The normalized spacial score (nSPS) is 13.4. The summed E-state index contributed by atoms with van der Waals surface area (Å²) >= 11 is 0. The maximum atomic E-state index is 12.6. The molecule has 1 aliphatic rings. The number of nitrogens with zero attached hydrogens (tertiary/aromatic N) is 1. The number of hydrogen-bond acceptors (Lipinski definition) is 4. The van der Waals surface area contributed by atoms with Crippen molar-refractivity contribution in [2.24, 2.45) is 0 Å².